The van der Waals surface area contributed by atoms with Crippen molar-refractivity contribution in [3.05, 3.63) is 60.7 Å². The van der Waals surface area contributed by atoms with Gasteiger partial charge in [-0.05, 0) is 37.5 Å². The van der Waals surface area contributed by atoms with Crippen LogP contribution in [0.25, 0.3) is 22.2 Å². The molecule has 1 saturated carbocycles. The lowest BCUT2D eigenvalue weighted by Crippen LogP contribution is -2.55. The monoisotopic (exact) mass is 430 g/mol. The van der Waals surface area contributed by atoms with Crippen LogP contribution in [-0.2, 0) is 16.1 Å². The van der Waals surface area contributed by atoms with Gasteiger partial charge in [0.2, 0.25) is 11.8 Å². The van der Waals surface area contributed by atoms with Crippen LogP contribution in [0.15, 0.2) is 60.7 Å². The van der Waals surface area contributed by atoms with E-state index in [1.807, 2.05) is 42.2 Å². The number of carbonyl (C=O) groups is 2. The van der Waals surface area contributed by atoms with Gasteiger partial charge in [0.25, 0.3) is 0 Å². The Bertz CT molecular complexity index is 1110. The highest BCUT2D eigenvalue weighted by molar-refractivity contribution is 5.89. The third-order valence-electron chi connectivity index (χ3n) is 6.69. The average molecular weight is 431 g/mol. The van der Waals surface area contributed by atoms with Crippen LogP contribution in [0.5, 0.6) is 0 Å². The second kappa shape index (κ2) is 8.79. The standard InChI is InChI=1S/C26H30N4O2/c1-19(26(32)27-22-11-12-22)28-13-15-29(16-14-28)25(31)18-30-23-10-6-5-9-21(23)17-24(30)20-7-3-2-4-8-20/h2-10,17,19,22H,11-16,18H2,1H3,(H,27,32). The van der Waals surface area contributed by atoms with Crippen molar-refractivity contribution in [2.24, 2.45) is 0 Å². The van der Waals surface area contributed by atoms with E-state index in [0.29, 0.717) is 25.7 Å². The van der Waals surface area contributed by atoms with Gasteiger partial charge in [0.1, 0.15) is 6.54 Å². The molecule has 2 aliphatic rings. The zero-order valence-electron chi connectivity index (χ0n) is 18.5. The molecule has 6 heteroatoms. The van der Waals surface area contributed by atoms with Gasteiger partial charge in [0.15, 0.2) is 0 Å². The van der Waals surface area contributed by atoms with Crippen LogP contribution in [0.4, 0.5) is 0 Å². The number of hydrogen-bond donors (Lipinski definition) is 1. The fraction of sp³-hybridized carbons (Fsp3) is 0.385. The Hall–Kier alpha value is -3.12. The van der Waals surface area contributed by atoms with E-state index in [2.05, 4.69) is 45.1 Å². The van der Waals surface area contributed by atoms with Crippen LogP contribution in [0.1, 0.15) is 19.8 Å². The first-order valence-electron chi connectivity index (χ1n) is 11.6. The largest absolute Gasteiger partial charge is 0.352 e. The van der Waals surface area contributed by atoms with E-state index in [4.69, 9.17) is 0 Å². The molecular weight excluding hydrogens is 400 g/mol. The minimum absolute atomic E-state index is 0.110. The van der Waals surface area contributed by atoms with Crippen LogP contribution < -0.4 is 5.32 Å². The molecule has 1 N–H and O–H groups in total. The second-order valence-electron chi connectivity index (χ2n) is 8.92. The number of nitrogens with zero attached hydrogens (tertiary/aromatic N) is 3. The maximum Gasteiger partial charge on any atom is 0.242 e. The summed E-state index contributed by atoms with van der Waals surface area (Å²) in [6.45, 7) is 5.04. The van der Waals surface area contributed by atoms with E-state index >= 15 is 0 Å². The summed E-state index contributed by atoms with van der Waals surface area (Å²) in [5.41, 5.74) is 3.24. The summed E-state index contributed by atoms with van der Waals surface area (Å²) in [5.74, 6) is 0.233. The molecular formula is C26H30N4O2. The van der Waals surface area contributed by atoms with Gasteiger partial charge in [0, 0.05) is 48.8 Å². The van der Waals surface area contributed by atoms with Gasteiger partial charge in [-0.15, -0.1) is 0 Å². The molecule has 2 fully saturated rings. The summed E-state index contributed by atoms with van der Waals surface area (Å²) >= 11 is 0. The Morgan fingerprint density at radius 3 is 2.38 bits per heavy atom. The number of aromatic nitrogens is 1. The van der Waals surface area contributed by atoms with E-state index in [1.165, 1.54) is 0 Å². The average Bonchev–Trinajstić information content (AvgIpc) is 3.58. The predicted molar refractivity (Wildman–Crippen MR) is 126 cm³/mol. The number of piperazine rings is 1. The Balaban J connectivity index is 1.28. The third-order valence-corrected chi connectivity index (χ3v) is 6.69. The van der Waals surface area contributed by atoms with Crippen LogP contribution in [-0.4, -0.2) is 64.4 Å². The maximum absolute atomic E-state index is 13.3. The van der Waals surface area contributed by atoms with Gasteiger partial charge in [-0.25, -0.2) is 0 Å². The molecule has 6 nitrogen and oxygen atoms in total. The Morgan fingerprint density at radius 1 is 0.969 bits per heavy atom. The van der Waals surface area contributed by atoms with Crippen molar-refractivity contribution in [1.29, 1.82) is 0 Å². The van der Waals surface area contributed by atoms with Crippen molar-refractivity contribution < 1.29 is 9.59 Å². The van der Waals surface area contributed by atoms with Crippen molar-refractivity contribution in [3.63, 3.8) is 0 Å². The summed E-state index contributed by atoms with van der Waals surface area (Å²) in [4.78, 5) is 29.8. The fourth-order valence-electron chi connectivity index (χ4n) is 4.54. The van der Waals surface area contributed by atoms with Crippen molar-refractivity contribution in [1.82, 2.24) is 19.7 Å². The molecule has 1 aliphatic carbocycles. The maximum atomic E-state index is 13.3. The van der Waals surface area contributed by atoms with Crippen LogP contribution in [0.2, 0.25) is 0 Å². The molecule has 0 spiro atoms. The molecule has 1 saturated heterocycles. The summed E-state index contributed by atoms with van der Waals surface area (Å²) in [6.07, 6.45) is 2.19. The normalized spacial score (nSPS) is 18.0. The molecule has 1 aromatic heterocycles. The highest BCUT2D eigenvalue weighted by Gasteiger charge is 2.31. The number of benzene rings is 2. The molecule has 2 heterocycles. The Morgan fingerprint density at radius 2 is 1.66 bits per heavy atom. The van der Waals surface area contributed by atoms with Gasteiger partial charge in [-0.2, -0.15) is 0 Å². The number of amides is 2. The molecule has 0 radical (unpaired) electrons. The Kier molecular flexibility index (Phi) is 5.70. The van der Waals surface area contributed by atoms with E-state index in [1.54, 1.807) is 0 Å². The molecule has 2 amide bonds. The molecule has 5 rings (SSSR count). The highest BCUT2D eigenvalue weighted by Crippen LogP contribution is 2.28. The molecule has 166 valence electrons. The van der Waals surface area contributed by atoms with Crippen molar-refractivity contribution in [2.75, 3.05) is 26.2 Å². The first-order valence-corrected chi connectivity index (χ1v) is 11.6. The van der Waals surface area contributed by atoms with Crippen LogP contribution in [0, 0.1) is 0 Å². The summed E-state index contributed by atoms with van der Waals surface area (Å²) < 4.78 is 2.13. The van der Waals surface area contributed by atoms with Gasteiger partial charge in [-0.1, -0.05) is 48.5 Å². The molecule has 3 aromatic rings. The number of nitrogens with one attached hydrogen (secondary N) is 1. The van der Waals surface area contributed by atoms with Crippen LogP contribution >= 0.6 is 0 Å². The van der Waals surface area contributed by atoms with Gasteiger partial charge in [0.05, 0.1) is 6.04 Å². The van der Waals surface area contributed by atoms with Crippen LogP contribution in [0.3, 0.4) is 0 Å². The molecule has 32 heavy (non-hydrogen) atoms. The summed E-state index contributed by atoms with van der Waals surface area (Å²) in [6, 6.07) is 20.8. The quantitative estimate of drug-likeness (QED) is 0.654. The second-order valence-corrected chi connectivity index (χ2v) is 8.92. The summed E-state index contributed by atoms with van der Waals surface area (Å²) in [7, 11) is 0. The predicted octanol–water partition coefficient (Wildman–Crippen LogP) is 3.12. The van der Waals surface area contributed by atoms with Crippen molar-refractivity contribution >= 4 is 22.7 Å². The smallest absolute Gasteiger partial charge is 0.242 e. The van der Waals surface area contributed by atoms with E-state index in [9.17, 15) is 9.59 Å². The van der Waals surface area contributed by atoms with E-state index < -0.39 is 0 Å². The molecule has 0 bridgehead atoms. The van der Waals surface area contributed by atoms with Crippen molar-refractivity contribution in [2.45, 2.75) is 38.4 Å². The number of fused-ring (bicyclic) bond motifs is 1. The lowest BCUT2D eigenvalue weighted by Gasteiger charge is -2.37. The topological polar surface area (TPSA) is 57.6 Å². The fourth-order valence-corrected chi connectivity index (χ4v) is 4.54. The molecule has 1 unspecified atom stereocenters. The van der Waals surface area contributed by atoms with Gasteiger partial charge in [-0.3, -0.25) is 14.5 Å². The first-order chi connectivity index (χ1) is 15.6. The Labute approximate surface area is 188 Å². The first kappa shape index (κ1) is 20.8. The third kappa shape index (κ3) is 4.28. The SMILES string of the molecule is CC(C(=O)NC1CC1)N1CCN(C(=O)Cn2c(-c3ccccc3)cc3ccccc32)CC1. The number of hydrogen-bond acceptors (Lipinski definition) is 3. The molecule has 2 aromatic carbocycles. The number of rotatable bonds is 6. The molecule has 1 atom stereocenters. The number of carbonyl (C=O) groups excluding carboxylic acids is 2. The lowest BCUT2D eigenvalue weighted by atomic mass is 10.1. The summed E-state index contributed by atoms with van der Waals surface area (Å²) in [5, 5.41) is 4.23. The van der Waals surface area contributed by atoms with Crippen molar-refractivity contribution in [3.8, 4) is 11.3 Å². The number of para-hydroxylation sites is 1. The van der Waals surface area contributed by atoms with Gasteiger partial charge >= 0.3 is 0 Å². The molecule has 1 aliphatic heterocycles. The lowest BCUT2D eigenvalue weighted by molar-refractivity contribution is -0.134. The highest BCUT2D eigenvalue weighted by atomic mass is 16.2. The zero-order valence-corrected chi connectivity index (χ0v) is 18.5. The van der Waals surface area contributed by atoms with E-state index in [0.717, 1.165) is 48.1 Å². The van der Waals surface area contributed by atoms with E-state index in [-0.39, 0.29) is 17.9 Å². The minimum atomic E-state index is -0.147. The zero-order chi connectivity index (χ0) is 22.1. The van der Waals surface area contributed by atoms with Gasteiger partial charge < -0.3 is 14.8 Å². The minimum Gasteiger partial charge on any atom is -0.352 e.